The average molecular weight is 391 g/mol. The van der Waals surface area contributed by atoms with Gasteiger partial charge in [-0.2, -0.15) is 0 Å². The van der Waals surface area contributed by atoms with Gasteiger partial charge in [0.25, 0.3) is 5.91 Å². The third kappa shape index (κ3) is 3.37. The van der Waals surface area contributed by atoms with Gasteiger partial charge in [0.1, 0.15) is 5.75 Å². The Balaban J connectivity index is 1.29. The van der Waals surface area contributed by atoms with Crippen LogP contribution in [0.3, 0.4) is 0 Å². The van der Waals surface area contributed by atoms with E-state index in [4.69, 9.17) is 4.74 Å². The van der Waals surface area contributed by atoms with Crippen molar-refractivity contribution in [3.63, 3.8) is 0 Å². The molecule has 0 N–H and O–H groups in total. The molecule has 2 atom stereocenters. The first kappa shape index (κ1) is 18.2. The fraction of sp³-hybridized carbons (Fsp3) is 0.435. The molecule has 2 saturated heterocycles. The average Bonchev–Trinajstić information content (AvgIpc) is 3.30. The minimum Gasteiger partial charge on any atom is -0.493 e. The van der Waals surface area contributed by atoms with E-state index < -0.39 is 0 Å². The van der Waals surface area contributed by atoms with Crippen LogP contribution in [-0.2, 0) is 17.6 Å². The Labute approximate surface area is 170 Å². The van der Waals surface area contributed by atoms with Crippen LogP contribution < -0.4 is 4.74 Å². The molecule has 29 heavy (non-hydrogen) atoms. The van der Waals surface area contributed by atoms with Crippen molar-refractivity contribution in [2.45, 2.75) is 44.2 Å². The van der Waals surface area contributed by atoms with E-state index in [1.165, 1.54) is 5.56 Å². The highest BCUT2D eigenvalue weighted by Gasteiger charge is 2.48. The zero-order chi connectivity index (χ0) is 19.8. The summed E-state index contributed by atoms with van der Waals surface area (Å²) in [6, 6.07) is 9.84. The molecule has 2 amide bonds. The van der Waals surface area contributed by atoms with Crippen LogP contribution in [0.25, 0.3) is 0 Å². The number of ether oxygens (including phenoxy) is 1. The zero-order valence-electron chi connectivity index (χ0n) is 16.4. The molecule has 6 heteroatoms. The number of aryl methyl sites for hydroxylation is 1. The summed E-state index contributed by atoms with van der Waals surface area (Å²) in [5.41, 5.74) is 3.00. The van der Waals surface area contributed by atoms with Crippen LogP contribution >= 0.6 is 0 Å². The predicted molar refractivity (Wildman–Crippen MR) is 108 cm³/mol. The van der Waals surface area contributed by atoms with E-state index in [9.17, 15) is 9.59 Å². The van der Waals surface area contributed by atoms with Gasteiger partial charge >= 0.3 is 0 Å². The molecule has 0 aliphatic carbocycles. The number of benzene rings is 1. The molecule has 2 unspecified atom stereocenters. The number of nitrogens with zero attached hydrogens (tertiary/aromatic N) is 3. The van der Waals surface area contributed by atoms with E-state index >= 15 is 0 Å². The molecule has 150 valence electrons. The highest BCUT2D eigenvalue weighted by molar-refractivity contribution is 5.96. The predicted octanol–water partition coefficient (Wildman–Crippen LogP) is 2.46. The van der Waals surface area contributed by atoms with Crippen molar-refractivity contribution in [3.05, 3.63) is 59.4 Å². The number of rotatable bonds is 4. The molecule has 4 heterocycles. The van der Waals surface area contributed by atoms with Gasteiger partial charge in [-0.1, -0.05) is 0 Å². The quantitative estimate of drug-likeness (QED) is 0.803. The molecule has 0 spiro atoms. The lowest BCUT2D eigenvalue weighted by atomic mass is 10.0. The van der Waals surface area contributed by atoms with E-state index in [2.05, 4.69) is 4.98 Å². The van der Waals surface area contributed by atoms with Crippen molar-refractivity contribution in [1.29, 1.82) is 0 Å². The van der Waals surface area contributed by atoms with Crippen LogP contribution in [0, 0.1) is 0 Å². The Hall–Kier alpha value is -2.89. The molecule has 6 nitrogen and oxygen atoms in total. The van der Waals surface area contributed by atoms with Crippen LogP contribution in [0.1, 0.15) is 40.7 Å². The normalized spacial score (nSPS) is 23.0. The Morgan fingerprint density at radius 3 is 2.90 bits per heavy atom. The molecule has 2 aromatic rings. The number of carbonyl (C=O) groups excluding carboxylic acids is 2. The van der Waals surface area contributed by atoms with Crippen LogP contribution in [0.5, 0.6) is 5.75 Å². The van der Waals surface area contributed by atoms with Crippen LogP contribution in [-0.4, -0.2) is 58.4 Å². The van der Waals surface area contributed by atoms with E-state index in [0.717, 1.165) is 43.6 Å². The van der Waals surface area contributed by atoms with Gasteiger partial charge in [0.15, 0.2) is 0 Å². The molecule has 5 rings (SSSR count). The number of carbonyl (C=O) groups is 2. The van der Waals surface area contributed by atoms with Crippen molar-refractivity contribution in [3.8, 4) is 5.75 Å². The first-order valence-electron chi connectivity index (χ1n) is 10.5. The van der Waals surface area contributed by atoms with Crippen molar-refractivity contribution < 1.29 is 14.3 Å². The van der Waals surface area contributed by atoms with Gasteiger partial charge in [-0.15, -0.1) is 0 Å². The summed E-state index contributed by atoms with van der Waals surface area (Å²) in [4.78, 5) is 33.8. The lowest BCUT2D eigenvalue weighted by Crippen LogP contribution is -2.40. The van der Waals surface area contributed by atoms with Crippen molar-refractivity contribution in [2.24, 2.45) is 0 Å². The smallest absolute Gasteiger partial charge is 0.254 e. The fourth-order valence-electron chi connectivity index (χ4n) is 4.93. The number of pyridine rings is 1. The van der Waals surface area contributed by atoms with Gasteiger partial charge in [-0.05, 0) is 67.1 Å². The van der Waals surface area contributed by atoms with Gasteiger partial charge < -0.3 is 14.5 Å². The molecule has 2 fully saturated rings. The largest absolute Gasteiger partial charge is 0.493 e. The molecule has 3 aliphatic rings. The minimum absolute atomic E-state index is 0.0141. The SMILES string of the molecule is O=C1CC2C(CCN2C(=O)c2ccc3c(c2)CCCO3)N1CCc1ccncc1. The number of aromatic nitrogens is 1. The maximum atomic E-state index is 13.2. The summed E-state index contributed by atoms with van der Waals surface area (Å²) >= 11 is 0. The lowest BCUT2D eigenvalue weighted by Gasteiger charge is -2.26. The van der Waals surface area contributed by atoms with Crippen molar-refractivity contribution >= 4 is 11.8 Å². The van der Waals surface area contributed by atoms with Gasteiger partial charge in [-0.25, -0.2) is 0 Å². The Kier molecular flexibility index (Phi) is 4.70. The van der Waals surface area contributed by atoms with Crippen LogP contribution in [0.2, 0.25) is 0 Å². The first-order chi connectivity index (χ1) is 14.2. The van der Waals surface area contributed by atoms with Gasteiger partial charge in [0.05, 0.1) is 18.7 Å². The zero-order valence-corrected chi connectivity index (χ0v) is 16.4. The van der Waals surface area contributed by atoms with Crippen molar-refractivity contribution in [2.75, 3.05) is 19.7 Å². The standard InChI is InChI=1S/C23H25N3O3/c27-22-15-20-19(25(22)11-7-16-5-9-24-10-6-16)8-12-26(20)23(28)18-3-4-21-17(14-18)2-1-13-29-21/h3-6,9-10,14,19-20H,1-2,7-8,11-13,15H2. The van der Waals surface area contributed by atoms with E-state index in [1.807, 2.05) is 40.1 Å². The molecule has 0 saturated carbocycles. The number of hydrogen-bond donors (Lipinski definition) is 0. The number of amides is 2. The number of likely N-dealkylation sites (tertiary alicyclic amines) is 2. The third-order valence-corrected chi connectivity index (χ3v) is 6.42. The second-order valence-electron chi connectivity index (χ2n) is 8.09. The summed E-state index contributed by atoms with van der Waals surface area (Å²) < 4.78 is 5.66. The summed E-state index contributed by atoms with van der Waals surface area (Å²) in [5, 5.41) is 0. The monoisotopic (exact) mass is 391 g/mol. The van der Waals surface area contributed by atoms with Gasteiger partial charge in [0, 0.05) is 37.5 Å². The highest BCUT2D eigenvalue weighted by atomic mass is 16.5. The number of hydrogen-bond acceptors (Lipinski definition) is 4. The second kappa shape index (κ2) is 7.50. The fourth-order valence-corrected chi connectivity index (χ4v) is 4.93. The molecule has 0 radical (unpaired) electrons. The van der Waals surface area contributed by atoms with E-state index in [-0.39, 0.29) is 23.9 Å². The number of fused-ring (bicyclic) bond motifs is 2. The van der Waals surface area contributed by atoms with Crippen molar-refractivity contribution in [1.82, 2.24) is 14.8 Å². The second-order valence-corrected chi connectivity index (χ2v) is 8.09. The van der Waals surface area contributed by atoms with E-state index in [0.29, 0.717) is 25.1 Å². The Morgan fingerprint density at radius 1 is 1.17 bits per heavy atom. The molecule has 1 aromatic carbocycles. The molecule has 0 bridgehead atoms. The topological polar surface area (TPSA) is 62.7 Å². The summed E-state index contributed by atoms with van der Waals surface area (Å²) in [6.07, 6.45) is 7.60. The van der Waals surface area contributed by atoms with Crippen LogP contribution in [0.4, 0.5) is 0 Å². The summed E-state index contributed by atoms with van der Waals surface area (Å²) in [5.74, 6) is 1.09. The highest BCUT2D eigenvalue weighted by Crippen LogP contribution is 2.34. The third-order valence-electron chi connectivity index (χ3n) is 6.42. The lowest BCUT2D eigenvalue weighted by molar-refractivity contribution is -0.129. The summed E-state index contributed by atoms with van der Waals surface area (Å²) in [7, 11) is 0. The Morgan fingerprint density at radius 2 is 2.03 bits per heavy atom. The Bertz CT molecular complexity index is 930. The summed E-state index contributed by atoms with van der Waals surface area (Å²) in [6.45, 7) is 2.15. The molecule has 1 aromatic heterocycles. The molecular weight excluding hydrogens is 366 g/mol. The molecular formula is C23H25N3O3. The first-order valence-corrected chi connectivity index (χ1v) is 10.5. The molecule has 3 aliphatic heterocycles. The minimum atomic E-state index is -0.0141. The van der Waals surface area contributed by atoms with E-state index in [1.54, 1.807) is 12.4 Å². The van der Waals surface area contributed by atoms with Gasteiger partial charge in [0.2, 0.25) is 5.91 Å². The van der Waals surface area contributed by atoms with Gasteiger partial charge in [-0.3, -0.25) is 14.6 Å². The maximum Gasteiger partial charge on any atom is 0.254 e. The maximum absolute atomic E-state index is 13.2. The van der Waals surface area contributed by atoms with Crippen LogP contribution in [0.15, 0.2) is 42.7 Å².